The molecule has 1 aromatic heterocycles. The fraction of sp³-hybridized carbons (Fsp3) is 0.185. The molecule has 0 aliphatic carbocycles. The van der Waals surface area contributed by atoms with Crippen molar-refractivity contribution >= 4 is 40.2 Å². The Labute approximate surface area is 217 Å². The predicted molar refractivity (Wildman–Crippen MR) is 138 cm³/mol. The summed E-state index contributed by atoms with van der Waals surface area (Å²) < 4.78 is 24.2. The van der Waals surface area contributed by atoms with E-state index in [2.05, 4.69) is 5.32 Å². The van der Waals surface area contributed by atoms with Crippen LogP contribution in [-0.4, -0.2) is 43.9 Å². The number of anilines is 1. The minimum absolute atomic E-state index is 0.0504. The third kappa shape index (κ3) is 6.39. The van der Waals surface area contributed by atoms with Gasteiger partial charge in [-0.3, -0.25) is 9.59 Å². The maximum atomic E-state index is 13.8. The molecule has 1 N–H and O–H groups in total. The molecule has 1 heterocycles. The smallest absolute Gasteiger partial charge is 0.341 e. The molecule has 0 bridgehead atoms. The van der Waals surface area contributed by atoms with Gasteiger partial charge in [-0.15, -0.1) is 11.3 Å². The van der Waals surface area contributed by atoms with Crippen LogP contribution < -0.4 is 10.1 Å². The van der Waals surface area contributed by atoms with Gasteiger partial charge in [0.25, 0.3) is 11.8 Å². The highest BCUT2D eigenvalue weighted by molar-refractivity contribution is 7.18. The molecule has 3 aromatic rings. The SMILES string of the molecule is COC(=O)c1c(NC(=O)/C(C#N)=C/c2ccc(OCc3ccccc3F)cc2)sc(C(=O)N(C)C)c1C. The van der Waals surface area contributed by atoms with Crippen molar-refractivity contribution in [3.05, 3.63) is 87.1 Å². The number of carbonyl (C=O) groups is 3. The summed E-state index contributed by atoms with van der Waals surface area (Å²) in [5.74, 6) is -1.67. The molecule has 2 aromatic carbocycles. The molecule has 37 heavy (non-hydrogen) atoms. The Morgan fingerprint density at radius 3 is 2.41 bits per heavy atom. The van der Waals surface area contributed by atoms with Gasteiger partial charge in [0.15, 0.2) is 0 Å². The number of ether oxygens (including phenoxy) is 2. The molecule has 190 valence electrons. The lowest BCUT2D eigenvalue weighted by atomic mass is 10.1. The minimum Gasteiger partial charge on any atom is -0.489 e. The normalized spacial score (nSPS) is 10.9. The monoisotopic (exact) mass is 521 g/mol. The number of nitrogens with one attached hydrogen (secondary N) is 1. The summed E-state index contributed by atoms with van der Waals surface area (Å²) in [5.41, 5.74) is 1.17. The van der Waals surface area contributed by atoms with E-state index >= 15 is 0 Å². The lowest BCUT2D eigenvalue weighted by Gasteiger charge is -2.08. The molecule has 0 unspecified atom stereocenters. The zero-order chi connectivity index (χ0) is 27.1. The van der Waals surface area contributed by atoms with Crippen molar-refractivity contribution in [1.29, 1.82) is 5.26 Å². The molecule has 0 aliphatic rings. The van der Waals surface area contributed by atoms with Gasteiger partial charge >= 0.3 is 5.97 Å². The Morgan fingerprint density at radius 2 is 1.81 bits per heavy atom. The third-order valence-electron chi connectivity index (χ3n) is 5.27. The zero-order valence-corrected chi connectivity index (χ0v) is 21.4. The van der Waals surface area contributed by atoms with Gasteiger partial charge in [0, 0.05) is 19.7 Å². The Bertz CT molecular complexity index is 1400. The van der Waals surface area contributed by atoms with Crippen molar-refractivity contribution in [1.82, 2.24) is 4.90 Å². The molecular weight excluding hydrogens is 497 g/mol. The predicted octanol–water partition coefficient (Wildman–Crippen LogP) is 4.81. The van der Waals surface area contributed by atoms with Crippen LogP contribution in [0.1, 0.15) is 36.7 Å². The number of amides is 2. The Morgan fingerprint density at radius 1 is 1.14 bits per heavy atom. The van der Waals surface area contributed by atoms with Crippen molar-refractivity contribution in [2.45, 2.75) is 13.5 Å². The summed E-state index contributed by atoms with van der Waals surface area (Å²) in [6, 6.07) is 14.7. The Kier molecular flexibility index (Phi) is 8.77. The van der Waals surface area contributed by atoms with Gasteiger partial charge in [0.1, 0.15) is 34.8 Å². The molecule has 0 saturated carbocycles. The summed E-state index contributed by atoms with van der Waals surface area (Å²) in [6.07, 6.45) is 1.38. The maximum Gasteiger partial charge on any atom is 0.341 e. The second kappa shape index (κ2) is 12.0. The second-order valence-corrected chi connectivity index (χ2v) is 9.05. The molecule has 0 atom stereocenters. The highest BCUT2D eigenvalue weighted by Crippen LogP contribution is 2.34. The van der Waals surface area contributed by atoms with E-state index in [1.54, 1.807) is 63.5 Å². The number of halogens is 1. The first-order valence-electron chi connectivity index (χ1n) is 11.0. The van der Waals surface area contributed by atoms with Crippen LogP contribution in [0, 0.1) is 24.1 Å². The van der Waals surface area contributed by atoms with E-state index in [0.717, 1.165) is 11.3 Å². The number of hydrogen-bond donors (Lipinski definition) is 1. The van der Waals surface area contributed by atoms with Crippen LogP contribution in [0.15, 0.2) is 54.1 Å². The lowest BCUT2D eigenvalue weighted by molar-refractivity contribution is -0.112. The Hall–Kier alpha value is -4.49. The van der Waals surface area contributed by atoms with Gasteiger partial charge in [-0.1, -0.05) is 30.3 Å². The molecule has 0 saturated heterocycles. The fourth-order valence-electron chi connectivity index (χ4n) is 3.28. The van der Waals surface area contributed by atoms with Crippen molar-refractivity contribution in [2.24, 2.45) is 0 Å². The summed E-state index contributed by atoms with van der Waals surface area (Å²) in [7, 11) is 4.34. The summed E-state index contributed by atoms with van der Waals surface area (Å²) in [5, 5.41) is 12.3. The van der Waals surface area contributed by atoms with Crippen LogP contribution >= 0.6 is 11.3 Å². The van der Waals surface area contributed by atoms with Gasteiger partial charge in [-0.25, -0.2) is 9.18 Å². The van der Waals surface area contributed by atoms with Crippen LogP contribution in [0.25, 0.3) is 6.08 Å². The zero-order valence-electron chi connectivity index (χ0n) is 20.6. The molecule has 0 aliphatic heterocycles. The van der Waals surface area contributed by atoms with E-state index < -0.39 is 11.9 Å². The number of methoxy groups -OCH3 is 1. The van der Waals surface area contributed by atoms with Crippen LogP contribution in [0.2, 0.25) is 0 Å². The largest absolute Gasteiger partial charge is 0.489 e. The van der Waals surface area contributed by atoms with E-state index in [1.165, 1.54) is 24.2 Å². The average Bonchev–Trinajstić information content (AvgIpc) is 3.21. The first-order valence-corrected chi connectivity index (χ1v) is 11.8. The van der Waals surface area contributed by atoms with Crippen LogP contribution in [0.5, 0.6) is 5.75 Å². The quantitative estimate of drug-likeness (QED) is 0.259. The van der Waals surface area contributed by atoms with Gasteiger partial charge in [-0.05, 0) is 42.3 Å². The summed E-state index contributed by atoms with van der Waals surface area (Å²) in [6.45, 7) is 1.64. The first-order chi connectivity index (χ1) is 17.7. The molecule has 8 nitrogen and oxygen atoms in total. The number of thiophene rings is 1. The topological polar surface area (TPSA) is 109 Å². The lowest BCUT2D eigenvalue weighted by Crippen LogP contribution is -2.21. The number of rotatable bonds is 8. The van der Waals surface area contributed by atoms with Crippen molar-refractivity contribution in [3.8, 4) is 11.8 Å². The molecule has 0 fully saturated rings. The highest BCUT2D eigenvalue weighted by Gasteiger charge is 2.27. The molecule has 3 rings (SSSR count). The van der Waals surface area contributed by atoms with E-state index in [0.29, 0.717) is 22.4 Å². The number of esters is 1. The second-order valence-electron chi connectivity index (χ2n) is 8.02. The number of benzene rings is 2. The Balaban J connectivity index is 1.79. The molecule has 0 radical (unpaired) electrons. The molecule has 0 spiro atoms. The average molecular weight is 522 g/mol. The van der Waals surface area contributed by atoms with Gasteiger partial charge < -0.3 is 19.7 Å². The maximum absolute atomic E-state index is 13.8. The number of nitriles is 1. The number of hydrogen-bond acceptors (Lipinski definition) is 7. The van der Waals surface area contributed by atoms with E-state index in [-0.39, 0.29) is 39.3 Å². The number of nitrogens with zero attached hydrogens (tertiary/aromatic N) is 2. The summed E-state index contributed by atoms with van der Waals surface area (Å²) in [4.78, 5) is 39.4. The van der Waals surface area contributed by atoms with Crippen molar-refractivity contribution in [3.63, 3.8) is 0 Å². The third-order valence-corrected chi connectivity index (χ3v) is 6.47. The van der Waals surface area contributed by atoms with E-state index in [9.17, 15) is 24.0 Å². The highest BCUT2D eigenvalue weighted by atomic mass is 32.1. The minimum atomic E-state index is -0.752. The van der Waals surface area contributed by atoms with Crippen molar-refractivity contribution in [2.75, 3.05) is 26.5 Å². The van der Waals surface area contributed by atoms with Gasteiger partial charge in [0.05, 0.1) is 17.6 Å². The standard InChI is InChI=1S/C27H24FN3O5S/c1-16-22(27(34)35-4)25(37-23(16)26(33)31(2)3)30-24(32)19(14-29)13-17-9-11-20(12-10-17)36-15-18-7-5-6-8-21(18)28/h5-13H,15H2,1-4H3,(H,30,32)/b19-13+. The van der Waals surface area contributed by atoms with E-state index in [1.807, 2.05) is 6.07 Å². The van der Waals surface area contributed by atoms with Crippen LogP contribution in [0.4, 0.5) is 9.39 Å². The van der Waals surface area contributed by atoms with Crippen LogP contribution in [-0.2, 0) is 16.1 Å². The molecular formula is C27H24FN3O5S. The van der Waals surface area contributed by atoms with E-state index in [4.69, 9.17) is 9.47 Å². The number of carbonyl (C=O) groups excluding carboxylic acids is 3. The van der Waals surface area contributed by atoms with Gasteiger partial charge in [0.2, 0.25) is 0 Å². The van der Waals surface area contributed by atoms with Gasteiger partial charge in [-0.2, -0.15) is 5.26 Å². The molecule has 2 amide bonds. The van der Waals surface area contributed by atoms with Crippen molar-refractivity contribution < 1.29 is 28.2 Å². The van der Waals surface area contributed by atoms with Crippen LogP contribution in [0.3, 0.4) is 0 Å². The summed E-state index contributed by atoms with van der Waals surface area (Å²) >= 11 is 0.931. The first kappa shape index (κ1) is 27.1. The fourth-order valence-corrected chi connectivity index (χ4v) is 4.49. The molecule has 10 heteroatoms.